The molecule has 0 unspecified atom stereocenters. The molecule has 6 nitrogen and oxygen atoms in total. The average Bonchev–Trinajstić information content (AvgIpc) is 3.27. The first-order chi connectivity index (χ1) is 15.6. The zero-order chi connectivity index (χ0) is 22.3. The summed E-state index contributed by atoms with van der Waals surface area (Å²) in [5.41, 5.74) is 2.12. The van der Waals surface area contributed by atoms with Crippen LogP contribution >= 0.6 is 0 Å². The lowest BCUT2D eigenvalue weighted by Crippen LogP contribution is -2.34. The van der Waals surface area contributed by atoms with Crippen LogP contribution in [-0.2, 0) is 11.8 Å². The summed E-state index contributed by atoms with van der Waals surface area (Å²) in [4.78, 5) is 29.5. The second-order valence-electron chi connectivity index (χ2n) is 7.32. The smallest absolute Gasteiger partial charge is 0.258 e. The van der Waals surface area contributed by atoms with Crippen molar-refractivity contribution >= 4 is 11.7 Å². The highest BCUT2D eigenvalue weighted by atomic mass is 16.5. The van der Waals surface area contributed by atoms with E-state index in [-0.39, 0.29) is 18.3 Å². The third-order valence-electron chi connectivity index (χ3n) is 5.08. The predicted octanol–water partition coefficient (Wildman–Crippen LogP) is 3.94. The Hall–Kier alpha value is -4.19. The molecule has 0 aliphatic carbocycles. The van der Waals surface area contributed by atoms with Gasteiger partial charge in [-0.15, -0.1) is 0 Å². The van der Waals surface area contributed by atoms with Crippen molar-refractivity contribution in [2.45, 2.75) is 6.04 Å². The van der Waals surface area contributed by atoms with Crippen LogP contribution in [0.5, 0.6) is 5.75 Å². The number of ether oxygens (including phenoxy) is 1. The van der Waals surface area contributed by atoms with E-state index in [0.29, 0.717) is 16.9 Å². The Bertz CT molecular complexity index is 1190. The molecular weight excluding hydrogens is 402 g/mol. The number of rotatable bonds is 8. The lowest BCUT2D eigenvalue weighted by molar-refractivity contribution is -0.123. The Morgan fingerprint density at radius 3 is 2.16 bits per heavy atom. The monoisotopic (exact) mass is 425 g/mol. The molecule has 0 fully saturated rings. The van der Waals surface area contributed by atoms with E-state index < -0.39 is 6.04 Å². The largest absolute Gasteiger partial charge is 0.484 e. The molecule has 0 spiro atoms. The molecule has 1 heterocycles. The van der Waals surface area contributed by atoms with Crippen LogP contribution in [0.3, 0.4) is 0 Å². The Labute approximate surface area is 186 Å². The van der Waals surface area contributed by atoms with Crippen LogP contribution in [0.1, 0.15) is 33.4 Å². The molecule has 160 valence electrons. The van der Waals surface area contributed by atoms with Gasteiger partial charge >= 0.3 is 0 Å². The van der Waals surface area contributed by atoms with Gasteiger partial charge in [-0.2, -0.15) is 0 Å². The first kappa shape index (κ1) is 21.1. The van der Waals surface area contributed by atoms with Crippen molar-refractivity contribution in [3.63, 3.8) is 0 Å². The maximum absolute atomic E-state index is 12.6. The maximum atomic E-state index is 12.6. The number of hydrogen-bond acceptors (Lipinski definition) is 4. The van der Waals surface area contributed by atoms with Gasteiger partial charge in [-0.05, 0) is 29.8 Å². The minimum absolute atomic E-state index is 0.0596. The number of carbonyl (C=O) groups excluding carboxylic acids is 2. The zero-order valence-electron chi connectivity index (χ0n) is 17.6. The lowest BCUT2D eigenvalue weighted by Gasteiger charge is -2.19. The highest BCUT2D eigenvalue weighted by Crippen LogP contribution is 2.20. The second kappa shape index (κ2) is 9.75. The number of benzene rings is 3. The van der Waals surface area contributed by atoms with Gasteiger partial charge in [0.05, 0.1) is 0 Å². The van der Waals surface area contributed by atoms with Crippen LogP contribution in [0.4, 0.5) is 0 Å². The highest BCUT2D eigenvalue weighted by molar-refractivity contribution is 6.08. The number of hydrogen-bond donors (Lipinski definition) is 1. The van der Waals surface area contributed by atoms with Crippen LogP contribution in [0, 0.1) is 0 Å². The topological polar surface area (TPSA) is 73.2 Å². The van der Waals surface area contributed by atoms with Crippen molar-refractivity contribution in [2.24, 2.45) is 7.05 Å². The van der Waals surface area contributed by atoms with Crippen molar-refractivity contribution < 1.29 is 14.3 Å². The standard InChI is InChI=1S/C26H23N3O3/c1-29-17-16-27-26(29)24(19-8-4-2-5-9-19)28-23(30)18-32-22-14-12-21(13-15-22)25(31)20-10-6-3-7-11-20/h2-17,24H,18H2,1H3,(H,28,30)/t24-/m1/s1. The highest BCUT2D eigenvalue weighted by Gasteiger charge is 2.20. The fourth-order valence-electron chi connectivity index (χ4n) is 3.41. The summed E-state index contributed by atoms with van der Waals surface area (Å²) >= 11 is 0. The lowest BCUT2D eigenvalue weighted by atomic mass is 10.0. The number of carbonyl (C=O) groups is 2. The van der Waals surface area contributed by atoms with Gasteiger partial charge < -0.3 is 14.6 Å². The van der Waals surface area contributed by atoms with E-state index in [4.69, 9.17) is 4.74 Å². The molecule has 0 aliphatic heterocycles. The fraction of sp³-hybridized carbons (Fsp3) is 0.115. The summed E-state index contributed by atoms with van der Waals surface area (Å²) in [6.45, 7) is -0.153. The molecule has 3 aromatic carbocycles. The average molecular weight is 425 g/mol. The molecule has 4 rings (SSSR count). The van der Waals surface area contributed by atoms with E-state index in [9.17, 15) is 9.59 Å². The molecule has 0 aliphatic rings. The second-order valence-corrected chi connectivity index (χ2v) is 7.32. The first-order valence-corrected chi connectivity index (χ1v) is 10.3. The van der Waals surface area contributed by atoms with Gasteiger partial charge in [0.25, 0.3) is 5.91 Å². The zero-order valence-corrected chi connectivity index (χ0v) is 17.6. The van der Waals surface area contributed by atoms with Crippen LogP contribution in [0.15, 0.2) is 97.3 Å². The van der Waals surface area contributed by atoms with Gasteiger partial charge in [-0.1, -0.05) is 60.7 Å². The predicted molar refractivity (Wildman–Crippen MR) is 121 cm³/mol. The quantitative estimate of drug-likeness (QED) is 0.434. The van der Waals surface area contributed by atoms with Gasteiger partial charge in [0, 0.05) is 30.6 Å². The van der Waals surface area contributed by atoms with E-state index in [0.717, 1.165) is 11.4 Å². The molecule has 1 aromatic heterocycles. The van der Waals surface area contributed by atoms with Gasteiger partial charge in [0.1, 0.15) is 17.6 Å². The fourth-order valence-corrected chi connectivity index (χ4v) is 3.41. The number of nitrogens with zero attached hydrogens (tertiary/aromatic N) is 2. The molecule has 32 heavy (non-hydrogen) atoms. The Balaban J connectivity index is 1.39. The Morgan fingerprint density at radius 2 is 1.53 bits per heavy atom. The van der Waals surface area contributed by atoms with E-state index in [1.807, 2.05) is 66.3 Å². The maximum Gasteiger partial charge on any atom is 0.258 e. The molecule has 1 N–H and O–H groups in total. The minimum Gasteiger partial charge on any atom is -0.484 e. The normalized spacial score (nSPS) is 11.5. The van der Waals surface area contributed by atoms with Crippen molar-refractivity contribution in [1.29, 1.82) is 0 Å². The van der Waals surface area contributed by atoms with Crippen LogP contribution in [0.2, 0.25) is 0 Å². The molecule has 0 saturated carbocycles. The summed E-state index contributed by atoms with van der Waals surface area (Å²) in [6, 6.07) is 25.1. The third kappa shape index (κ3) is 4.92. The molecule has 0 bridgehead atoms. The van der Waals surface area contributed by atoms with Crippen LogP contribution < -0.4 is 10.1 Å². The van der Waals surface area contributed by atoms with E-state index in [1.54, 1.807) is 42.6 Å². The number of aromatic nitrogens is 2. The molecule has 4 aromatic rings. The van der Waals surface area contributed by atoms with E-state index >= 15 is 0 Å². The van der Waals surface area contributed by atoms with Gasteiger partial charge in [-0.3, -0.25) is 9.59 Å². The van der Waals surface area contributed by atoms with Gasteiger partial charge in [0.2, 0.25) is 0 Å². The summed E-state index contributed by atoms with van der Waals surface area (Å²) in [7, 11) is 1.89. The Morgan fingerprint density at radius 1 is 0.906 bits per heavy atom. The number of amides is 1. The summed E-state index contributed by atoms with van der Waals surface area (Å²) in [6.07, 6.45) is 3.54. The number of aryl methyl sites for hydroxylation is 1. The molecule has 6 heteroatoms. The SMILES string of the molecule is Cn1ccnc1[C@H](NC(=O)COc1ccc(C(=O)c2ccccc2)cc1)c1ccccc1. The summed E-state index contributed by atoms with van der Waals surface area (Å²) in [5.74, 6) is 0.910. The number of imidazole rings is 1. The van der Waals surface area contributed by atoms with Crippen molar-refractivity contribution in [3.8, 4) is 5.75 Å². The van der Waals surface area contributed by atoms with E-state index in [2.05, 4.69) is 10.3 Å². The first-order valence-electron chi connectivity index (χ1n) is 10.3. The summed E-state index contributed by atoms with van der Waals surface area (Å²) < 4.78 is 7.52. The van der Waals surface area contributed by atoms with Crippen molar-refractivity contribution in [3.05, 3.63) is 120 Å². The minimum atomic E-state index is -0.391. The summed E-state index contributed by atoms with van der Waals surface area (Å²) in [5, 5.41) is 3.00. The van der Waals surface area contributed by atoms with Crippen molar-refractivity contribution in [2.75, 3.05) is 6.61 Å². The molecule has 0 radical (unpaired) electrons. The van der Waals surface area contributed by atoms with Crippen LogP contribution in [-0.4, -0.2) is 27.8 Å². The van der Waals surface area contributed by atoms with Gasteiger partial charge in [-0.25, -0.2) is 4.98 Å². The third-order valence-corrected chi connectivity index (χ3v) is 5.08. The van der Waals surface area contributed by atoms with Crippen LogP contribution in [0.25, 0.3) is 0 Å². The number of nitrogens with one attached hydrogen (secondary N) is 1. The molecular formula is C26H23N3O3. The van der Waals surface area contributed by atoms with E-state index in [1.165, 1.54) is 0 Å². The van der Waals surface area contributed by atoms with Crippen molar-refractivity contribution in [1.82, 2.24) is 14.9 Å². The van der Waals surface area contributed by atoms with Gasteiger partial charge in [0.15, 0.2) is 12.4 Å². The molecule has 1 amide bonds. The Kier molecular flexibility index (Phi) is 6.41. The molecule has 0 saturated heterocycles. The molecule has 1 atom stereocenters. The number of ketones is 1.